The maximum Gasteiger partial charge on any atom is 0.407 e. The number of hydrogen-bond acceptors (Lipinski definition) is 5. The number of nitrogens with one attached hydrogen (secondary N) is 2. The van der Waals surface area contributed by atoms with Crippen molar-refractivity contribution in [2.75, 3.05) is 6.61 Å². The Morgan fingerprint density at radius 1 is 0.875 bits per heavy atom. The van der Waals surface area contributed by atoms with Gasteiger partial charge in [-0.1, -0.05) is 92.2 Å². The van der Waals surface area contributed by atoms with Gasteiger partial charge in [0.05, 0.1) is 19.1 Å². The quantitative estimate of drug-likeness (QED) is 0.271. The Bertz CT molecular complexity index is 1270. The first-order valence-electron chi connectivity index (χ1n) is 13.7. The van der Waals surface area contributed by atoms with E-state index in [0.717, 1.165) is 27.8 Å². The van der Waals surface area contributed by atoms with E-state index in [9.17, 15) is 19.5 Å². The van der Waals surface area contributed by atoms with E-state index in [2.05, 4.69) is 22.8 Å². The third-order valence-electron chi connectivity index (χ3n) is 7.13. The summed E-state index contributed by atoms with van der Waals surface area (Å²) in [7, 11) is 0. The van der Waals surface area contributed by atoms with E-state index in [1.165, 1.54) is 0 Å². The van der Waals surface area contributed by atoms with E-state index in [-0.39, 0.29) is 25.6 Å². The number of benzene rings is 3. The topological polar surface area (TPSA) is 114 Å². The van der Waals surface area contributed by atoms with E-state index in [0.29, 0.717) is 12.8 Å². The van der Waals surface area contributed by atoms with Crippen LogP contribution in [0, 0.1) is 0 Å². The number of rotatable bonds is 13. The van der Waals surface area contributed by atoms with Gasteiger partial charge in [0.2, 0.25) is 5.91 Å². The number of aliphatic carboxylic acids is 1. The summed E-state index contributed by atoms with van der Waals surface area (Å²) < 4.78 is 11.6. The first kappa shape index (κ1) is 28.8. The lowest BCUT2D eigenvalue weighted by atomic mass is 9.98. The predicted octanol–water partition coefficient (Wildman–Crippen LogP) is 5.26. The highest BCUT2D eigenvalue weighted by atomic mass is 16.5. The number of carbonyl (C=O) groups is 3. The number of fused-ring (bicyclic) bond motifs is 3. The fourth-order valence-electron chi connectivity index (χ4n) is 5.14. The molecule has 2 amide bonds. The zero-order valence-electron chi connectivity index (χ0n) is 22.8. The molecule has 0 saturated heterocycles. The third-order valence-corrected chi connectivity index (χ3v) is 7.13. The van der Waals surface area contributed by atoms with Crippen molar-refractivity contribution in [2.45, 2.75) is 63.8 Å². The molecule has 8 heteroatoms. The first-order chi connectivity index (χ1) is 19.4. The highest BCUT2D eigenvalue weighted by molar-refractivity contribution is 5.87. The molecule has 4 rings (SSSR count). The highest BCUT2D eigenvalue weighted by Crippen LogP contribution is 2.44. The molecule has 0 fully saturated rings. The van der Waals surface area contributed by atoms with Crippen LogP contribution in [0.1, 0.15) is 55.7 Å². The lowest BCUT2D eigenvalue weighted by Crippen LogP contribution is -2.55. The average Bonchev–Trinajstić information content (AvgIpc) is 3.27. The van der Waals surface area contributed by atoms with E-state index < -0.39 is 36.2 Å². The maximum absolute atomic E-state index is 13.3. The number of carboxylic acid groups (broad SMARTS) is 1. The monoisotopic (exact) mass is 544 g/mol. The smallest absolute Gasteiger partial charge is 0.407 e. The van der Waals surface area contributed by atoms with Crippen molar-refractivity contribution in [1.29, 1.82) is 0 Å². The van der Waals surface area contributed by atoms with Crippen LogP contribution in [0.4, 0.5) is 4.79 Å². The fraction of sp³-hybridized carbons (Fsp3) is 0.344. The molecule has 0 heterocycles. The van der Waals surface area contributed by atoms with Gasteiger partial charge in [0, 0.05) is 12.0 Å². The predicted molar refractivity (Wildman–Crippen MR) is 152 cm³/mol. The molecule has 1 aliphatic carbocycles. The summed E-state index contributed by atoms with van der Waals surface area (Å²) in [5.41, 5.74) is 5.33. The molecule has 3 unspecified atom stereocenters. The summed E-state index contributed by atoms with van der Waals surface area (Å²) in [6.45, 7) is 3.96. The summed E-state index contributed by atoms with van der Waals surface area (Å²) >= 11 is 0. The molecule has 0 radical (unpaired) electrons. The van der Waals surface area contributed by atoms with E-state index in [1.807, 2.05) is 73.7 Å². The molecule has 1 aliphatic rings. The molecule has 8 nitrogen and oxygen atoms in total. The van der Waals surface area contributed by atoms with Gasteiger partial charge in [0.15, 0.2) is 0 Å². The lowest BCUT2D eigenvalue weighted by molar-refractivity contribution is -0.138. The minimum absolute atomic E-state index is 0.102. The Balaban J connectivity index is 1.45. The molecular weight excluding hydrogens is 508 g/mol. The van der Waals surface area contributed by atoms with Crippen LogP contribution in [0.15, 0.2) is 78.9 Å². The second-order valence-electron chi connectivity index (χ2n) is 10.0. The van der Waals surface area contributed by atoms with Crippen molar-refractivity contribution in [3.63, 3.8) is 0 Å². The van der Waals surface area contributed by atoms with E-state index >= 15 is 0 Å². The molecule has 0 aliphatic heterocycles. The molecule has 0 aromatic heterocycles. The summed E-state index contributed by atoms with van der Waals surface area (Å²) in [5, 5.41) is 14.7. The van der Waals surface area contributed by atoms with Gasteiger partial charge in [-0.25, -0.2) is 4.79 Å². The van der Waals surface area contributed by atoms with Gasteiger partial charge in [0.25, 0.3) is 0 Å². The van der Waals surface area contributed by atoms with E-state index in [4.69, 9.17) is 9.47 Å². The van der Waals surface area contributed by atoms with Crippen LogP contribution in [-0.4, -0.2) is 47.9 Å². The summed E-state index contributed by atoms with van der Waals surface area (Å²) in [4.78, 5) is 37.7. The van der Waals surface area contributed by atoms with Crippen LogP contribution in [0.5, 0.6) is 0 Å². The second kappa shape index (κ2) is 13.8. The standard InChI is InChI=1S/C32H36N2O6/c1-3-11-23(18-29(35)36)33-31(37)30(21(2)39-19-22-12-5-4-6-13-22)34-32(38)40-20-28-26-16-9-7-14-24(26)25-15-8-10-17-27(25)28/h4-10,12-17,21,23,28,30H,3,11,18-20H2,1-2H3,(H,33,37)(H,34,38)(H,35,36). The molecule has 0 spiro atoms. The van der Waals surface area contributed by atoms with Gasteiger partial charge in [-0.3, -0.25) is 9.59 Å². The molecule has 210 valence electrons. The minimum Gasteiger partial charge on any atom is -0.481 e. The van der Waals surface area contributed by atoms with Crippen LogP contribution < -0.4 is 10.6 Å². The normalized spacial score (nSPS) is 14.3. The fourth-order valence-corrected chi connectivity index (χ4v) is 5.14. The summed E-state index contributed by atoms with van der Waals surface area (Å²) in [6, 6.07) is 23.9. The Labute approximate surface area is 234 Å². The number of alkyl carbamates (subject to hydrolysis) is 1. The average molecular weight is 545 g/mol. The number of carboxylic acids is 1. The minimum atomic E-state index is -1.09. The highest BCUT2D eigenvalue weighted by Gasteiger charge is 2.32. The number of amides is 2. The number of hydrogen-bond donors (Lipinski definition) is 3. The number of ether oxygens (including phenoxy) is 2. The SMILES string of the molecule is CCCC(CC(=O)O)NC(=O)C(NC(=O)OCC1c2ccccc2-c2ccccc21)C(C)OCc1ccccc1. The van der Waals surface area contributed by atoms with Gasteiger partial charge < -0.3 is 25.2 Å². The Kier molecular flexibility index (Phi) is 9.91. The van der Waals surface area contributed by atoms with Crippen molar-refractivity contribution in [2.24, 2.45) is 0 Å². The van der Waals surface area contributed by atoms with Gasteiger partial charge in [0.1, 0.15) is 12.6 Å². The molecule has 3 aromatic rings. The van der Waals surface area contributed by atoms with Crippen LogP contribution in [-0.2, 0) is 25.7 Å². The molecule has 0 bridgehead atoms. The van der Waals surface area contributed by atoms with Gasteiger partial charge in [-0.2, -0.15) is 0 Å². The zero-order valence-corrected chi connectivity index (χ0v) is 22.8. The van der Waals surface area contributed by atoms with Gasteiger partial charge >= 0.3 is 12.1 Å². The molecule has 3 aromatic carbocycles. The Morgan fingerprint density at radius 3 is 2.08 bits per heavy atom. The van der Waals surface area contributed by atoms with Crippen molar-refractivity contribution >= 4 is 18.0 Å². The van der Waals surface area contributed by atoms with Crippen molar-refractivity contribution in [1.82, 2.24) is 10.6 Å². The van der Waals surface area contributed by atoms with Crippen molar-refractivity contribution in [3.8, 4) is 11.1 Å². The van der Waals surface area contributed by atoms with Crippen LogP contribution >= 0.6 is 0 Å². The largest absolute Gasteiger partial charge is 0.481 e. The zero-order chi connectivity index (χ0) is 28.5. The maximum atomic E-state index is 13.3. The number of carbonyl (C=O) groups excluding carboxylic acids is 2. The Morgan fingerprint density at radius 2 is 1.48 bits per heavy atom. The molecule has 0 saturated carbocycles. The molecule has 3 atom stereocenters. The first-order valence-corrected chi connectivity index (χ1v) is 13.7. The van der Waals surface area contributed by atoms with Crippen LogP contribution in [0.25, 0.3) is 11.1 Å². The second-order valence-corrected chi connectivity index (χ2v) is 10.0. The lowest BCUT2D eigenvalue weighted by Gasteiger charge is -2.27. The van der Waals surface area contributed by atoms with Gasteiger partial charge in [-0.15, -0.1) is 0 Å². The molecular formula is C32H36N2O6. The molecule has 40 heavy (non-hydrogen) atoms. The summed E-state index contributed by atoms with van der Waals surface area (Å²) in [5.74, 6) is -1.65. The van der Waals surface area contributed by atoms with Gasteiger partial charge in [-0.05, 0) is 41.2 Å². The molecule has 3 N–H and O–H groups in total. The van der Waals surface area contributed by atoms with E-state index in [1.54, 1.807) is 6.92 Å². The summed E-state index contributed by atoms with van der Waals surface area (Å²) in [6.07, 6.45) is -0.482. The van der Waals surface area contributed by atoms with Crippen molar-refractivity contribution in [3.05, 3.63) is 95.6 Å². The Hall–Kier alpha value is -4.17. The van der Waals surface area contributed by atoms with Crippen LogP contribution in [0.2, 0.25) is 0 Å². The van der Waals surface area contributed by atoms with Crippen molar-refractivity contribution < 1.29 is 29.0 Å². The third kappa shape index (κ3) is 7.27. The van der Waals surface area contributed by atoms with Crippen LogP contribution in [0.3, 0.4) is 0 Å².